The molecule has 2 nitrogen and oxygen atoms in total. The van der Waals surface area contributed by atoms with Crippen LogP contribution in [0.4, 0.5) is 0 Å². The third-order valence-electron chi connectivity index (χ3n) is 3.44. The van der Waals surface area contributed by atoms with Gasteiger partial charge in [0.2, 0.25) is 0 Å². The Morgan fingerprint density at radius 3 is 2.43 bits per heavy atom. The average molecular weight is 283 g/mol. The highest BCUT2D eigenvalue weighted by molar-refractivity contribution is 5.28. The van der Waals surface area contributed by atoms with Crippen LogP contribution >= 0.6 is 0 Å². The van der Waals surface area contributed by atoms with E-state index in [1.165, 1.54) is 23.1 Å². The second-order valence-electron chi connectivity index (χ2n) is 5.42. The fraction of sp³-hybridized carbons (Fsp3) is 0.368. The molecule has 0 fully saturated rings. The topological polar surface area (TPSA) is 21.3 Å². The fourth-order valence-corrected chi connectivity index (χ4v) is 2.21. The Morgan fingerprint density at radius 2 is 1.71 bits per heavy atom. The molecule has 0 amide bonds. The first-order chi connectivity index (χ1) is 10.3. The molecule has 21 heavy (non-hydrogen) atoms. The van der Waals surface area contributed by atoms with Crippen molar-refractivity contribution in [3.05, 3.63) is 65.2 Å². The van der Waals surface area contributed by atoms with Gasteiger partial charge in [0.15, 0.2) is 0 Å². The summed E-state index contributed by atoms with van der Waals surface area (Å²) in [5.41, 5.74) is 3.81. The van der Waals surface area contributed by atoms with Gasteiger partial charge in [0.1, 0.15) is 12.4 Å². The summed E-state index contributed by atoms with van der Waals surface area (Å²) < 4.78 is 5.81. The van der Waals surface area contributed by atoms with Crippen molar-refractivity contribution < 1.29 is 4.74 Å². The van der Waals surface area contributed by atoms with Gasteiger partial charge in [0.05, 0.1) is 0 Å². The number of hydrogen-bond acceptors (Lipinski definition) is 2. The minimum absolute atomic E-state index is 0.623. The van der Waals surface area contributed by atoms with Gasteiger partial charge in [0.25, 0.3) is 0 Å². The van der Waals surface area contributed by atoms with Crippen molar-refractivity contribution in [3.8, 4) is 5.75 Å². The van der Waals surface area contributed by atoms with E-state index in [0.29, 0.717) is 6.61 Å². The van der Waals surface area contributed by atoms with E-state index in [1.54, 1.807) is 0 Å². The van der Waals surface area contributed by atoms with Crippen LogP contribution in [0.1, 0.15) is 30.0 Å². The van der Waals surface area contributed by atoms with E-state index in [9.17, 15) is 0 Å². The molecule has 0 spiro atoms. The zero-order valence-corrected chi connectivity index (χ0v) is 13.1. The highest BCUT2D eigenvalue weighted by Crippen LogP contribution is 2.15. The first kappa shape index (κ1) is 15.6. The Hall–Kier alpha value is -1.80. The summed E-state index contributed by atoms with van der Waals surface area (Å²) in [4.78, 5) is 0. The summed E-state index contributed by atoms with van der Waals surface area (Å²) in [5.74, 6) is 0.933. The van der Waals surface area contributed by atoms with Crippen molar-refractivity contribution in [1.82, 2.24) is 5.32 Å². The van der Waals surface area contributed by atoms with Crippen molar-refractivity contribution in [2.45, 2.75) is 33.3 Å². The van der Waals surface area contributed by atoms with Gasteiger partial charge >= 0.3 is 0 Å². The summed E-state index contributed by atoms with van der Waals surface area (Å²) in [6, 6.07) is 16.9. The van der Waals surface area contributed by atoms with Crippen LogP contribution in [-0.2, 0) is 13.0 Å². The Bertz CT molecular complexity index is 534. The second kappa shape index (κ2) is 8.48. The first-order valence-electron chi connectivity index (χ1n) is 7.76. The average Bonchev–Trinajstić information content (AvgIpc) is 2.51. The molecule has 0 unspecified atom stereocenters. The van der Waals surface area contributed by atoms with Gasteiger partial charge in [0, 0.05) is 0 Å². The number of hydrogen-bond donors (Lipinski definition) is 1. The smallest absolute Gasteiger partial charge is 0.120 e. The summed E-state index contributed by atoms with van der Waals surface area (Å²) in [6.45, 7) is 7.04. The molecule has 1 N–H and O–H groups in total. The van der Waals surface area contributed by atoms with Gasteiger partial charge in [-0.1, -0.05) is 43.3 Å². The number of rotatable bonds is 8. The molecule has 112 valence electrons. The molecule has 0 heterocycles. The maximum Gasteiger partial charge on any atom is 0.120 e. The van der Waals surface area contributed by atoms with Crippen molar-refractivity contribution in [1.29, 1.82) is 0 Å². The lowest BCUT2D eigenvalue weighted by molar-refractivity contribution is 0.306. The summed E-state index contributed by atoms with van der Waals surface area (Å²) in [5, 5.41) is 3.43. The highest BCUT2D eigenvalue weighted by Gasteiger charge is 1.98. The second-order valence-corrected chi connectivity index (χ2v) is 5.42. The first-order valence-corrected chi connectivity index (χ1v) is 7.76. The predicted molar refractivity (Wildman–Crippen MR) is 88.8 cm³/mol. The van der Waals surface area contributed by atoms with Crippen LogP contribution in [0.3, 0.4) is 0 Å². The van der Waals surface area contributed by atoms with E-state index in [-0.39, 0.29) is 0 Å². The lowest BCUT2D eigenvalue weighted by Gasteiger charge is -2.08. The van der Waals surface area contributed by atoms with E-state index in [0.717, 1.165) is 25.3 Å². The van der Waals surface area contributed by atoms with Crippen LogP contribution in [0, 0.1) is 6.92 Å². The molecule has 2 aromatic rings. The van der Waals surface area contributed by atoms with Crippen LogP contribution < -0.4 is 10.1 Å². The standard InChI is InChI=1S/C19H25NO/c1-3-12-20-13-11-17-7-9-18(10-8-17)15-21-19-6-4-5-16(2)14-19/h4-10,14,20H,3,11-13,15H2,1-2H3. The van der Waals surface area contributed by atoms with E-state index < -0.39 is 0 Å². The third-order valence-corrected chi connectivity index (χ3v) is 3.44. The van der Waals surface area contributed by atoms with Gasteiger partial charge in [-0.3, -0.25) is 0 Å². The van der Waals surface area contributed by atoms with Crippen LogP contribution in [0.25, 0.3) is 0 Å². The third kappa shape index (κ3) is 5.60. The maximum atomic E-state index is 5.81. The van der Waals surface area contributed by atoms with Crippen LogP contribution in [0.15, 0.2) is 48.5 Å². The number of ether oxygens (including phenoxy) is 1. The molecule has 0 aliphatic rings. The molecule has 0 aromatic heterocycles. The van der Waals surface area contributed by atoms with E-state index >= 15 is 0 Å². The highest BCUT2D eigenvalue weighted by atomic mass is 16.5. The van der Waals surface area contributed by atoms with Crippen molar-refractivity contribution in [3.63, 3.8) is 0 Å². The zero-order valence-electron chi connectivity index (χ0n) is 13.1. The van der Waals surface area contributed by atoms with E-state index in [1.807, 2.05) is 12.1 Å². The molecule has 0 saturated heterocycles. The molecule has 0 aliphatic heterocycles. The Labute approximate surface area is 128 Å². The van der Waals surface area contributed by atoms with Crippen molar-refractivity contribution >= 4 is 0 Å². The maximum absolute atomic E-state index is 5.81. The van der Waals surface area contributed by atoms with Crippen LogP contribution in [0.2, 0.25) is 0 Å². The van der Waals surface area contributed by atoms with Gasteiger partial charge < -0.3 is 10.1 Å². The molecule has 2 aromatic carbocycles. The van der Waals surface area contributed by atoms with Crippen LogP contribution in [0.5, 0.6) is 5.75 Å². The van der Waals surface area contributed by atoms with Gasteiger partial charge in [-0.15, -0.1) is 0 Å². The molecule has 0 bridgehead atoms. The Balaban J connectivity index is 1.79. The number of benzene rings is 2. The van der Waals surface area contributed by atoms with Gasteiger partial charge in [-0.2, -0.15) is 0 Å². The lowest BCUT2D eigenvalue weighted by Crippen LogP contribution is -2.17. The SMILES string of the molecule is CCCNCCc1ccc(COc2cccc(C)c2)cc1. The van der Waals surface area contributed by atoms with Crippen LogP contribution in [-0.4, -0.2) is 13.1 Å². The minimum atomic E-state index is 0.623. The fourth-order valence-electron chi connectivity index (χ4n) is 2.21. The Morgan fingerprint density at radius 1 is 0.952 bits per heavy atom. The number of nitrogens with one attached hydrogen (secondary N) is 1. The molecule has 0 saturated carbocycles. The lowest BCUT2D eigenvalue weighted by atomic mass is 10.1. The molecule has 2 heteroatoms. The van der Waals surface area contributed by atoms with E-state index in [2.05, 4.69) is 55.6 Å². The largest absolute Gasteiger partial charge is 0.489 e. The Kier molecular flexibility index (Phi) is 6.29. The quantitative estimate of drug-likeness (QED) is 0.736. The summed E-state index contributed by atoms with van der Waals surface area (Å²) >= 11 is 0. The molecule has 0 atom stereocenters. The molecular weight excluding hydrogens is 258 g/mol. The van der Waals surface area contributed by atoms with Crippen molar-refractivity contribution in [2.75, 3.05) is 13.1 Å². The molecule has 0 radical (unpaired) electrons. The van der Waals surface area contributed by atoms with Crippen molar-refractivity contribution in [2.24, 2.45) is 0 Å². The minimum Gasteiger partial charge on any atom is -0.489 e. The molecule has 0 aliphatic carbocycles. The summed E-state index contributed by atoms with van der Waals surface area (Å²) in [7, 11) is 0. The monoisotopic (exact) mass is 283 g/mol. The van der Waals surface area contributed by atoms with E-state index in [4.69, 9.17) is 4.74 Å². The summed E-state index contributed by atoms with van der Waals surface area (Å²) in [6.07, 6.45) is 2.27. The zero-order chi connectivity index (χ0) is 14.9. The molecule has 2 rings (SSSR count). The molecular formula is C19H25NO. The predicted octanol–water partition coefficient (Wildman–Crippen LogP) is 4.12. The van der Waals surface area contributed by atoms with Gasteiger partial charge in [-0.25, -0.2) is 0 Å². The normalized spacial score (nSPS) is 10.6. The van der Waals surface area contributed by atoms with Gasteiger partial charge in [-0.05, 0) is 61.7 Å². The number of aryl methyl sites for hydroxylation is 1.